The summed E-state index contributed by atoms with van der Waals surface area (Å²) in [5.41, 5.74) is 10.1. The van der Waals surface area contributed by atoms with Crippen molar-refractivity contribution in [2.75, 3.05) is 0 Å². The number of hydrogen-bond donors (Lipinski definition) is 0. The second-order valence-corrected chi connectivity index (χ2v) is 15.0. The van der Waals surface area contributed by atoms with Crippen LogP contribution in [-0.2, 0) is 5.41 Å². The van der Waals surface area contributed by atoms with E-state index in [4.69, 9.17) is 28.8 Å². The van der Waals surface area contributed by atoms with Gasteiger partial charge in [-0.2, -0.15) is 0 Å². The molecule has 5 aromatic carbocycles. The Bertz CT molecular complexity index is 2490. The van der Waals surface area contributed by atoms with Crippen LogP contribution in [0, 0.1) is 17.8 Å². The Morgan fingerprint density at radius 3 is 1.68 bits per heavy atom. The number of aromatic nitrogens is 4. The van der Waals surface area contributed by atoms with Crippen molar-refractivity contribution < 1.29 is 8.83 Å². The minimum absolute atomic E-state index is 0.244. The number of benzene rings is 5. The lowest BCUT2D eigenvalue weighted by atomic mass is 9.48. The molecule has 3 heterocycles. The van der Waals surface area contributed by atoms with E-state index in [9.17, 15) is 0 Å². The summed E-state index contributed by atoms with van der Waals surface area (Å²) in [7, 11) is 0. The average molecular weight is 651 g/mol. The summed E-state index contributed by atoms with van der Waals surface area (Å²) in [6.45, 7) is 0. The maximum absolute atomic E-state index is 6.57. The molecule has 6 nitrogen and oxygen atoms in total. The molecule has 50 heavy (non-hydrogen) atoms. The predicted octanol–water partition coefficient (Wildman–Crippen LogP) is 11.0. The largest absolute Gasteiger partial charge is 0.456 e. The Balaban J connectivity index is 0.988. The minimum atomic E-state index is 0.244. The zero-order valence-corrected chi connectivity index (χ0v) is 27.5. The molecular weight excluding hydrogens is 617 g/mol. The first-order chi connectivity index (χ1) is 24.7. The Hall–Kier alpha value is -5.62. The first kappa shape index (κ1) is 28.2. The zero-order valence-electron chi connectivity index (χ0n) is 27.5. The number of oxazole rings is 1. The van der Waals surface area contributed by atoms with E-state index in [1.54, 1.807) is 6.39 Å². The van der Waals surface area contributed by atoms with Gasteiger partial charge in [0.25, 0.3) is 0 Å². The summed E-state index contributed by atoms with van der Waals surface area (Å²) < 4.78 is 12.8. The number of fused-ring (bicyclic) bond motifs is 4. The summed E-state index contributed by atoms with van der Waals surface area (Å²) >= 11 is 0. The molecule has 0 spiro atoms. The molecule has 0 radical (unpaired) electrons. The number of nitrogens with zero attached hydrogens (tertiary/aromatic N) is 4. The van der Waals surface area contributed by atoms with Crippen LogP contribution < -0.4 is 0 Å². The highest BCUT2D eigenvalue weighted by atomic mass is 16.3. The van der Waals surface area contributed by atoms with Gasteiger partial charge in [-0.3, -0.25) is 0 Å². The Kier molecular flexibility index (Phi) is 6.04. The number of furan rings is 1. The fraction of sp³-hybridized carbons (Fsp3) is 0.227. The minimum Gasteiger partial charge on any atom is -0.456 e. The van der Waals surface area contributed by atoms with Crippen molar-refractivity contribution in [1.82, 2.24) is 19.9 Å². The molecule has 0 atom stereocenters. The van der Waals surface area contributed by atoms with E-state index in [0.29, 0.717) is 17.5 Å². The molecule has 0 saturated heterocycles. The Labute approximate surface area is 289 Å². The van der Waals surface area contributed by atoms with Crippen LogP contribution in [0.4, 0.5) is 0 Å². The molecule has 4 aliphatic rings. The van der Waals surface area contributed by atoms with Crippen molar-refractivity contribution in [2.24, 2.45) is 17.8 Å². The quantitative estimate of drug-likeness (QED) is 0.184. The maximum Gasteiger partial charge on any atom is 0.182 e. The third-order valence-corrected chi connectivity index (χ3v) is 11.8. The van der Waals surface area contributed by atoms with Crippen molar-refractivity contribution in [1.29, 1.82) is 0 Å². The fourth-order valence-corrected chi connectivity index (χ4v) is 10.1. The molecule has 6 heteroatoms. The summed E-state index contributed by atoms with van der Waals surface area (Å²) in [4.78, 5) is 19.5. The highest BCUT2D eigenvalue weighted by Gasteiger charge is 2.52. The Morgan fingerprint density at radius 2 is 1.08 bits per heavy atom. The molecule has 0 N–H and O–H groups in total. The molecule has 4 aliphatic carbocycles. The highest BCUT2D eigenvalue weighted by Crippen LogP contribution is 2.61. The van der Waals surface area contributed by atoms with Crippen LogP contribution in [0.25, 0.3) is 78.3 Å². The molecule has 0 aliphatic heterocycles. The molecule has 4 saturated carbocycles. The van der Waals surface area contributed by atoms with E-state index in [1.807, 2.05) is 66.7 Å². The van der Waals surface area contributed by atoms with E-state index in [1.165, 1.54) is 44.1 Å². The lowest BCUT2D eigenvalue weighted by Gasteiger charge is -2.57. The summed E-state index contributed by atoms with van der Waals surface area (Å²) in [5, 5.41) is 2.13. The first-order valence-electron chi connectivity index (χ1n) is 17.9. The van der Waals surface area contributed by atoms with Gasteiger partial charge in [0.2, 0.25) is 0 Å². The first-order valence-corrected chi connectivity index (χ1v) is 17.9. The van der Waals surface area contributed by atoms with Crippen molar-refractivity contribution >= 4 is 33.0 Å². The van der Waals surface area contributed by atoms with Crippen molar-refractivity contribution in [3.05, 3.63) is 121 Å². The molecule has 0 amide bonds. The highest BCUT2D eigenvalue weighted by molar-refractivity contribution is 6.07. The van der Waals surface area contributed by atoms with Crippen LogP contribution in [0.15, 0.2) is 124 Å². The maximum atomic E-state index is 6.57. The van der Waals surface area contributed by atoms with E-state index >= 15 is 0 Å². The van der Waals surface area contributed by atoms with Gasteiger partial charge < -0.3 is 8.83 Å². The van der Waals surface area contributed by atoms with E-state index < -0.39 is 0 Å². The van der Waals surface area contributed by atoms with Gasteiger partial charge in [0.05, 0.1) is 0 Å². The topological polar surface area (TPSA) is 77.8 Å². The Morgan fingerprint density at radius 1 is 0.540 bits per heavy atom. The van der Waals surface area contributed by atoms with Crippen molar-refractivity contribution in [2.45, 2.75) is 43.9 Å². The van der Waals surface area contributed by atoms with Gasteiger partial charge in [-0.15, -0.1) is 0 Å². The molecule has 3 aromatic heterocycles. The standard InChI is InChI=1S/C44H34N4O2/c1-3-7-29(8-4-1)41-46-42(30-9-5-2-6-10-30)48-43(47-41)32-12-14-35-34-13-11-31(20-37(34)50-38(35)21-32)33-15-16-36(40-39(33)45-25-49-40)44-22-26-17-27(23-44)19-28(18-26)24-44/h1-16,20-21,25-28H,17-19,22-24H2. The number of rotatable bonds is 5. The third-order valence-electron chi connectivity index (χ3n) is 11.8. The lowest BCUT2D eigenvalue weighted by molar-refractivity contribution is -0.00487. The van der Waals surface area contributed by atoms with Gasteiger partial charge in [-0.05, 0) is 91.5 Å². The molecule has 12 rings (SSSR count). The summed E-state index contributed by atoms with van der Waals surface area (Å²) in [5.74, 6) is 4.49. The summed E-state index contributed by atoms with van der Waals surface area (Å²) in [6.07, 6.45) is 9.80. The van der Waals surface area contributed by atoms with Gasteiger partial charge >= 0.3 is 0 Å². The van der Waals surface area contributed by atoms with Crippen LogP contribution in [0.3, 0.4) is 0 Å². The molecule has 4 fully saturated rings. The van der Waals surface area contributed by atoms with Gasteiger partial charge in [-0.25, -0.2) is 19.9 Å². The third kappa shape index (κ3) is 4.40. The normalized spacial score (nSPS) is 22.6. The number of hydrogen-bond acceptors (Lipinski definition) is 6. The molecular formula is C44H34N4O2. The van der Waals surface area contributed by atoms with Crippen LogP contribution in [-0.4, -0.2) is 19.9 Å². The van der Waals surface area contributed by atoms with Crippen LogP contribution in [0.2, 0.25) is 0 Å². The predicted molar refractivity (Wildman–Crippen MR) is 196 cm³/mol. The molecule has 242 valence electrons. The average Bonchev–Trinajstić information content (AvgIpc) is 3.79. The van der Waals surface area contributed by atoms with Crippen LogP contribution >= 0.6 is 0 Å². The van der Waals surface area contributed by atoms with Crippen molar-refractivity contribution in [3.63, 3.8) is 0 Å². The molecule has 8 aromatic rings. The van der Waals surface area contributed by atoms with E-state index in [2.05, 4.69) is 42.5 Å². The van der Waals surface area contributed by atoms with E-state index in [-0.39, 0.29) is 5.41 Å². The SMILES string of the molecule is c1ccc(-c2nc(-c3ccccc3)nc(-c3ccc4c(c3)oc3cc(-c5ccc(C67CC8CC(CC(C8)C6)C7)c6ocnc56)ccc34)n2)cc1. The monoisotopic (exact) mass is 650 g/mol. The zero-order chi connectivity index (χ0) is 32.8. The van der Waals surface area contributed by atoms with Crippen LogP contribution in [0.1, 0.15) is 44.1 Å². The van der Waals surface area contributed by atoms with Gasteiger partial charge in [0.1, 0.15) is 16.7 Å². The van der Waals surface area contributed by atoms with Gasteiger partial charge in [-0.1, -0.05) is 84.9 Å². The van der Waals surface area contributed by atoms with Crippen LogP contribution in [0.5, 0.6) is 0 Å². The second-order valence-electron chi connectivity index (χ2n) is 15.0. The molecule has 4 bridgehead atoms. The van der Waals surface area contributed by atoms with Gasteiger partial charge in [0.15, 0.2) is 29.4 Å². The fourth-order valence-electron chi connectivity index (χ4n) is 10.1. The smallest absolute Gasteiger partial charge is 0.182 e. The van der Waals surface area contributed by atoms with Crippen molar-refractivity contribution in [3.8, 4) is 45.3 Å². The van der Waals surface area contributed by atoms with Gasteiger partial charge in [0, 0.05) is 38.6 Å². The summed E-state index contributed by atoms with van der Waals surface area (Å²) in [6, 6.07) is 37.5. The second kappa shape index (κ2) is 10.7. The lowest BCUT2D eigenvalue weighted by Crippen LogP contribution is -2.48. The van der Waals surface area contributed by atoms with E-state index in [0.717, 1.165) is 78.6 Å². The molecule has 0 unspecified atom stereocenters.